The fraction of sp³-hybridized carbons (Fsp3) is 0.0909. The van der Waals surface area contributed by atoms with Crippen LogP contribution in [-0.4, -0.2) is 15.0 Å². The molecule has 17 heavy (non-hydrogen) atoms. The lowest BCUT2D eigenvalue weighted by Gasteiger charge is -1.96. The molecule has 3 aromatic heterocycles. The van der Waals surface area contributed by atoms with E-state index in [9.17, 15) is 4.79 Å². The minimum absolute atomic E-state index is 0.121. The third-order valence-corrected chi connectivity index (χ3v) is 2.61. The summed E-state index contributed by atoms with van der Waals surface area (Å²) < 4.78 is 5.00. The Hall–Kier alpha value is -2.50. The predicted molar refractivity (Wildman–Crippen MR) is 62.6 cm³/mol. The molecule has 0 saturated carbocycles. The first-order valence-corrected chi connectivity index (χ1v) is 5.11. The molecule has 3 aromatic rings. The highest BCUT2D eigenvalue weighted by Gasteiger charge is 2.10. The summed E-state index contributed by atoms with van der Waals surface area (Å²) in [6.45, 7) is 0. The highest BCUT2D eigenvalue weighted by atomic mass is 16.3. The lowest BCUT2D eigenvalue weighted by atomic mass is 10.1. The van der Waals surface area contributed by atoms with E-state index in [1.54, 1.807) is 18.7 Å². The summed E-state index contributed by atoms with van der Waals surface area (Å²) in [6, 6.07) is 1.87. The van der Waals surface area contributed by atoms with Gasteiger partial charge in [-0.1, -0.05) is 0 Å². The van der Waals surface area contributed by atoms with Gasteiger partial charge in [-0.15, -0.1) is 0 Å². The van der Waals surface area contributed by atoms with Crippen LogP contribution in [0.3, 0.4) is 0 Å². The Morgan fingerprint density at radius 3 is 3.12 bits per heavy atom. The van der Waals surface area contributed by atoms with E-state index in [-0.39, 0.29) is 11.5 Å². The lowest BCUT2D eigenvalue weighted by molar-refractivity contribution is 0.564. The molecule has 0 aromatic carbocycles. The molecule has 0 aliphatic carbocycles. The van der Waals surface area contributed by atoms with Gasteiger partial charge in [0.2, 0.25) is 5.95 Å². The number of aromatic nitrogens is 3. The Morgan fingerprint density at radius 1 is 1.47 bits per heavy atom. The molecule has 0 aliphatic rings. The molecule has 0 amide bonds. The Bertz CT molecular complexity index is 709. The molecule has 0 unspecified atom stereocenters. The summed E-state index contributed by atoms with van der Waals surface area (Å²) in [5.41, 5.74) is 8.25. The molecule has 3 heterocycles. The molecule has 0 spiro atoms. The minimum Gasteiger partial charge on any atom is -0.472 e. The van der Waals surface area contributed by atoms with Gasteiger partial charge in [0.25, 0.3) is 5.56 Å². The second-order valence-corrected chi connectivity index (χ2v) is 3.80. The number of furan rings is 1. The monoisotopic (exact) mass is 230 g/mol. The second-order valence-electron chi connectivity index (χ2n) is 3.80. The van der Waals surface area contributed by atoms with E-state index in [4.69, 9.17) is 10.2 Å². The van der Waals surface area contributed by atoms with E-state index in [1.165, 1.54) is 0 Å². The number of nitrogen functional groups attached to an aromatic ring is 1. The SMILES string of the molecule is Nc1nc2c(Cc3ccoc3)c[nH]c2c(=O)[nH]1. The van der Waals surface area contributed by atoms with Crippen LogP contribution in [0.5, 0.6) is 0 Å². The highest BCUT2D eigenvalue weighted by molar-refractivity contribution is 5.79. The third kappa shape index (κ3) is 1.59. The van der Waals surface area contributed by atoms with E-state index in [2.05, 4.69) is 15.0 Å². The van der Waals surface area contributed by atoms with Crippen molar-refractivity contribution >= 4 is 17.0 Å². The van der Waals surface area contributed by atoms with Crippen LogP contribution >= 0.6 is 0 Å². The van der Waals surface area contributed by atoms with Gasteiger partial charge < -0.3 is 15.1 Å². The summed E-state index contributed by atoms with van der Waals surface area (Å²) in [5, 5.41) is 0. The van der Waals surface area contributed by atoms with Gasteiger partial charge in [-0.2, -0.15) is 0 Å². The number of nitrogens with one attached hydrogen (secondary N) is 2. The summed E-state index contributed by atoms with van der Waals surface area (Å²) in [4.78, 5) is 21.1. The molecule has 0 saturated heterocycles. The van der Waals surface area contributed by atoms with Crippen LogP contribution in [0.15, 0.2) is 34.0 Å². The smallest absolute Gasteiger partial charge is 0.276 e. The number of fused-ring (bicyclic) bond motifs is 1. The van der Waals surface area contributed by atoms with Crippen LogP contribution in [0.2, 0.25) is 0 Å². The number of rotatable bonds is 2. The molecule has 0 bridgehead atoms. The molecule has 0 radical (unpaired) electrons. The molecular formula is C11H10N4O2. The lowest BCUT2D eigenvalue weighted by Crippen LogP contribution is -2.11. The van der Waals surface area contributed by atoms with Crippen molar-refractivity contribution in [3.8, 4) is 0 Å². The van der Waals surface area contributed by atoms with Gasteiger partial charge in [-0.25, -0.2) is 4.98 Å². The largest absolute Gasteiger partial charge is 0.472 e. The van der Waals surface area contributed by atoms with Crippen molar-refractivity contribution in [3.05, 3.63) is 46.3 Å². The molecule has 0 aliphatic heterocycles. The number of aromatic amines is 2. The van der Waals surface area contributed by atoms with Crippen molar-refractivity contribution in [3.63, 3.8) is 0 Å². The Morgan fingerprint density at radius 2 is 2.35 bits per heavy atom. The van der Waals surface area contributed by atoms with Crippen molar-refractivity contribution in [1.82, 2.24) is 15.0 Å². The molecule has 86 valence electrons. The van der Waals surface area contributed by atoms with Gasteiger partial charge in [-0.3, -0.25) is 9.78 Å². The summed E-state index contributed by atoms with van der Waals surface area (Å²) in [6.07, 6.45) is 5.68. The summed E-state index contributed by atoms with van der Waals surface area (Å²) in [5.74, 6) is 0.121. The fourth-order valence-electron chi connectivity index (χ4n) is 1.83. The molecular weight excluding hydrogens is 220 g/mol. The average molecular weight is 230 g/mol. The predicted octanol–water partition coefficient (Wildman–Crippen LogP) is 1.02. The number of anilines is 1. The van der Waals surface area contributed by atoms with Crippen molar-refractivity contribution < 1.29 is 4.42 Å². The van der Waals surface area contributed by atoms with Gasteiger partial charge in [0.05, 0.1) is 12.5 Å². The quantitative estimate of drug-likeness (QED) is 0.611. The average Bonchev–Trinajstić information content (AvgIpc) is 2.89. The van der Waals surface area contributed by atoms with E-state index >= 15 is 0 Å². The van der Waals surface area contributed by atoms with Gasteiger partial charge in [-0.05, 0) is 11.6 Å². The standard InChI is InChI=1S/C11H10N4O2/c12-11-14-8-7(3-6-1-2-17-5-6)4-13-9(8)10(16)15-11/h1-2,4-5,13H,3H2,(H3,12,14,15,16). The van der Waals surface area contributed by atoms with Gasteiger partial charge in [0, 0.05) is 18.2 Å². The first-order chi connectivity index (χ1) is 8.24. The maximum absolute atomic E-state index is 11.6. The molecule has 6 heteroatoms. The second kappa shape index (κ2) is 3.51. The Balaban J connectivity index is 2.15. The van der Waals surface area contributed by atoms with Crippen LogP contribution in [0.25, 0.3) is 11.0 Å². The number of hydrogen-bond donors (Lipinski definition) is 3. The zero-order chi connectivity index (χ0) is 11.8. The molecule has 4 N–H and O–H groups in total. The van der Waals surface area contributed by atoms with Crippen LogP contribution in [0.1, 0.15) is 11.1 Å². The zero-order valence-corrected chi connectivity index (χ0v) is 8.86. The van der Waals surface area contributed by atoms with Gasteiger partial charge in [0.1, 0.15) is 11.0 Å². The Kier molecular flexibility index (Phi) is 2.01. The third-order valence-electron chi connectivity index (χ3n) is 2.61. The van der Waals surface area contributed by atoms with Gasteiger partial charge in [0.15, 0.2) is 0 Å². The fourth-order valence-corrected chi connectivity index (χ4v) is 1.83. The van der Waals surface area contributed by atoms with Crippen LogP contribution in [0.4, 0.5) is 5.95 Å². The molecule has 0 atom stereocenters. The molecule has 3 rings (SSSR count). The first-order valence-electron chi connectivity index (χ1n) is 5.11. The first kappa shape index (κ1) is 9.71. The summed E-state index contributed by atoms with van der Waals surface area (Å²) >= 11 is 0. The van der Waals surface area contributed by atoms with E-state index in [1.807, 2.05) is 6.07 Å². The topological polar surface area (TPSA) is 101 Å². The highest BCUT2D eigenvalue weighted by Crippen LogP contribution is 2.17. The van der Waals surface area contributed by atoms with E-state index < -0.39 is 0 Å². The number of nitrogens with zero attached hydrogens (tertiary/aromatic N) is 1. The summed E-state index contributed by atoms with van der Waals surface area (Å²) in [7, 11) is 0. The van der Waals surface area contributed by atoms with Crippen molar-refractivity contribution in [2.45, 2.75) is 6.42 Å². The zero-order valence-electron chi connectivity index (χ0n) is 8.86. The van der Waals surface area contributed by atoms with E-state index in [0.29, 0.717) is 17.5 Å². The van der Waals surface area contributed by atoms with Crippen molar-refractivity contribution in [2.24, 2.45) is 0 Å². The number of H-pyrrole nitrogens is 2. The number of nitrogens with two attached hydrogens (primary N) is 1. The van der Waals surface area contributed by atoms with Crippen LogP contribution < -0.4 is 11.3 Å². The van der Waals surface area contributed by atoms with Crippen molar-refractivity contribution in [2.75, 3.05) is 5.73 Å². The maximum atomic E-state index is 11.6. The van der Waals surface area contributed by atoms with Crippen LogP contribution in [0, 0.1) is 0 Å². The van der Waals surface area contributed by atoms with Gasteiger partial charge >= 0.3 is 0 Å². The normalized spacial score (nSPS) is 11.1. The molecule has 6 nitrogen and oxygen atoms in total. The molecule has 0 fully saturated rings. The van der Waals surface area contributed by atoms with Crippen LogP contribution in [-0.2, 0) is 6.42 Å². The van der Waals surface area contributed by atoms with Crippen molar-refractivity contribution in [1.29, 1.82) is 0 Å². The minimum atomic E-state index is -0.258. The van der Waals surface area contributed by atoms with E-state index in [0.717, 1.165) is 11.1 Å². The Labute approximate surface area is 95.5 Å². The maximum Gasteiger partial charge on any atom is 0.276 e. The number of hydrogen-bond acceptors (Lipinski definition) is 4.